The van der Waals surface area contributed by atoms with Gasteiger partial charge in [0.15, 0.2) is 0 Å². The molecule has 21 heavy (non-hydrogen) atoms. The van der Waals surface area contributed by atoms with Crippen molar-refractivity contribution in [2.24, 2.45) is 0 Å². The quantitative estimate of drug-likeness (QED) is 0.737. The second-order valence-electron chi connectivity index (χ2n) is 4.80. The number of thiophene rings is 1. The van der Waals surface area contributed by atoms with Gasteiger partial charge in [-0.2, -0.15) is 5.10 Å². The van der Waals surface area contributed by atoms with Crippen LogP contribution in [0, 0.1) is 0 Å². The number of benzene rings is 1. The summed E-state index contributed by atoms with van der Waals surface area (Å²) in [5, 5.41) is 7.85. The minimum Gasteiger partial charge on any atom is -0.313 e. The van der Waals surface area contributed by atoms with Gasteiger partial charge in [-0.3, -0.25) is 0 Å². The number of rotatable bonds is 5. The van der Waals surface area contributed by atoms with Gasteiger partial charge in [0.25, 0.3) is 0 Å². The minimum atomic E-state index is 0.271. The molecule has 0 spiro atoms. The van der Waals surface area contributed by atoms with Gasteiger partial charge in [-0.15, -0.1) is 11.3 Å². The third-order valence-corrected chi connectivity index (χ3v) is 5.05. The molecule has 3 rings (SSSR count). The summed E-state index contributed by atoms with van der Waals surface area (Å²) in [4.78, 5) is 1.36. The highest BCUT2D eigenvalue weighted by atomic mass is 79.9. The van der Waals surface area contributed by atoms with Crippen LogP contribution in [-0.2, 0) is 6.42 Å². The van der Waals surface area contributed by atoms with Gasteiger partial charge >= 0.3 is 0 Å². The first kappa shape index (κ1) is 14.5. The van der Waals surface area contributed by atoms with Crippen LogP contribution in [0.3, 0.4) is 0 Å². The fourth-order valence-electron chi connectivity index (χ4n) is 2.29. The van der Waals surface area contributed by atoms with Crippen molar-refractivity contribution in [1.82, 2.24) is 15.1 Å². The van der Waals surface area contributed by atoms with Crippen molar-refractivity contribution in [2.45, 2.75) is 12.5 Å². The maximum absolute atomic E-state index is 4.47. The van der Waals surface area contributed by atoms with Crippen LogP contribution in [0.4, 0.5) is 0 Å². The topological polar surface area (TPSA) is 29.9 Å². The Morgan fingerprint density at radius 2 is 2.05 bits per heavy atom. The summed E-state index contributed by atoms with van der Waals surface area (Å²) in [6.45, 7) is 0. The lowest BCUT2D eigenvalue weighted by molar-refractivity contribution is 0.596. The van der Waals surface area contributed by atoms with Crippen LogP contribution in [0.1, 0.15) is 16.5 Å². The number of nitrogens with zero attached hydrogens (tertiary/aromatic N) is 2. The van der Waals surface area contributed by atoms with Crippen LogP contribution >= 0.6 is 27.3 Å². The number of likely N-dealkylation sites (N-methyl/N-ethyl adjacent to an activating group) is 1. The van der Waals surface area contributed by atoms with Crippen molar-refractivity contribution in [3.63, 3.8) is 0 Å². The minimum absolute atomic E-state index is 0.271. The zero-order valence-corrected chi connectivity index (χ0v) is 14.1. The number of nitrogens with one attached hydrogen (secondary N) is 1. The molecule has 0 aliphatic carbocycles. The van der Waals surface area contributed by atoms with Crippen LogP contribution in [-0.4, -0.2) is 16.8 Å². The first-order valence-corrected chi connectivity index (χ1v) is 8.38. The molecule has 0 aliphatic heterocycles. The fourth-order valence-corrected chi connectivity index (χ4v) is 3.82. The summed E-state index contributed by atoms with van der Waals surface area (Å²) < 4.78 is 3.09. The third-order valence-electron chi connectivity index (χ3n) is 3.41. The molecule has 0 aliphatic rings. The van der Waals surface area contributed by atoms with Crippen molar-refractivity contribution in [1.29, 1.82) is 0 Å². The Bertz CT molecular complexity index is 705. The number of para-hydroxylation sites is 1. The van der Waals surface area contributed by atoms with Gasteiger partial charge in [-0.25, -0.2) is 4.68 Å². The molecule has 2 aromatic heterocycles. The second kappa shape index (κ2) is 6.56. The molecular weight excluding hydrogens is 346 g/mol. The van der Waals surface area contributed by atoms with Crippen molar-refractivity contribution in [3.8, 4) is 5.69 Å². The van der Waals surface area contributed by atoms with Gasteiger partial charge in [0.05, 0.1) is 15.7 Å². The largest absolute Gasteiger partial charge is 0.313 e. The van der Waals surface area contributed by atoms with E-state index in [9.17, 15) is 0 Å². The molecular formula is C16H16BrN3S. The summed E-state index contributed by atoms with van der Waals surface area (Å²) in [6.07, 6.45) is 5.00. The summed E-state index contributed by atoms with van der Waals surface area (Å²) in [5.41, 5.74) is 2.28. The van der Waals surface area contributed by atoms with Crippen LogP contribution in [0.25, 0.3) is 5.69 Å². The molecule has 3 nitrogen and oxygen atoms in total. The molecule has 2 heterocycles. The number of aromatic nitrogens is 2. The highest BCUT2D eigenvalue weighted by Crippen LogP contribution is 2.27. The number of hydrogen-bond acceptors (Lipinski definition) is 3. The summed E-state index contributed by atoms with van der Waals surface area (Å²) >= 11 is 5.30. The summed E-state index contributed by atoms with van der Waals surface area (Å²) in [6, 6.07) is 14.7. The van der Waals surface area contributed by atoms with Gasteiger partial charge in [0, 0.05) is 29.1 Å². The zero-order valence-electron chi connectivity index (χ0n) is 11.7. The first-order valence-electron chi connectivity index (χ1n) is 6.78. The lowest BCUT2D eigenvalue weighted by Crippen LogP contribution is -2.17. The van der Waals surface area contributed by atoms with Crippen molar-refractivity contribution in [3.05, 3.63) is 69.1 Å². The van der Waals surface area contributed by atoms with E-state index in [0.29, 0.717) is 0 Å². The normalized spacial score (nSPS) is 12.5. The van der Waals surface area contributed by atoms with Crippen LogP contribution in [0.2, 0.25) is 0 Å². The maximum Gasteiger partial charge on any atom is 0.0701 e. The van der Waals surface area contributed by atoms with E-state index in [1.165, 1.54) is 14.2 Å². The highest BCUT2D eigenvalue weighted by molar-refractivity contribution is 9.11. The average molecular weight is 362 g/mol. The van der Waals surface area contributed by atoms with E-state index in [1.54, 1.807) is 11.3 Å². The smallest absolute Gasteiger partial charge is 0.0701 e. The first-order chi connectivity index (χ1) is 10.3. The van der Waals surface area contributed by atoms with Gasteiger partial charge in [0.1, 0.15) is 0 Å². The van der Waals surface area contributed by atoms with Crippen molar-refractivity contribution >= 4 is 27.3 Å². The zero-order chi connectivity index (χ0) is 14.7. The Morgan fingerprint density at radius 1 is 1.24 bits per heavy atom. The maximum atomic E-state index is 4.47. The molecule has 3 aromatic rings. The number of hydrogen-bond donors (Lipinski definition) is 1. The molecule has 1 unspecified atom stereocenters. The van der Waals surface area contributed by atoms with E-state index in [4.69, 9.17) is 0 Å². The van der Waals surface area contributed by atoms with E-state index >= 15 is 0 Å². The molecule has 5 heteroatoms. The van der Waals surface area contributed by atoms with E-state index in [-0.39, 0.29) is 6.04 Å². The highest BCUT2D eigenvalue weighted by Gasteiger charge is 2.14. The number of halogens is 1. The van der Waals surface area contributed by atoms with Crippen molar-refractivity contribution in [2.75, 3.05) is 7.05 Å². The summed E-state index contributed by atoms with van der Waals surface area (Å²) in [5.74, 6) is 0. The standard InChI is InChI=1S/C16H16BrN3S/c1-18-15(9-14-7-8-16(17)21-14)12-10-19-20(11-12)13-5-3-2-4-6-13/h2-8,10-11,15,18H,9H2,1H3. The van der Waals surface area contributed by atoms with Gasteiger partial charge < -0.3 is 5.32 Å². The van der Waals surface area contributed by atoms with Gasteiger partial charge in [0.2, 0.25) is 0 Å². The molecule has 0 radical (unpaired) electrons. The summed E-state index contributed by atoms with van der Waals surface area (Å²) in [7, 11) is 1.99. The molecule has 0 saturated carbocycles. The average Bonchev–Trinajstić information content (AvgIpc) is 3.15. The predicted octanol–water partition coefficient (Wildman–Crippen LogP) is 4.20. The second-order valence-corrected chi connectivity index (χ2v) is 7.35. The fraction of sp³-hybridized carbons (Fsp3) is 0.188. The lowest BCUT2D eigenvalue weighted by Gasteiger charge is -2.13. The predicted molar refractivity (Wildman–Crippen MR) is 91.1 cm³/mol. The van der Waals surface area contributed by atoms with Crippen LogP contribution in [0.5, 0.6) is 0 Å². The molecule has 108 valence electrons. The Labute approximate surface area is 136 Å². The van der Waals surface area contributed by atoms with E-state index in [1.807, 2.05) is 36.1 Å². The van der Waals surface area contributed by atoms with Crippen LogP contribution in [0.15, 0.2) is 58.6 Å². The molecule has 0 saturated heterocycles. The molecule has 0 fully saturated rings. The van der Waals surface area contributed by atoms with Gasteiger partial charge in [-0.05, 0) is 47.2 Å². The lowest BCUT2D eigenvalue weighted by atomic mass is 10.1. The molecule has 1 atom stereocenters. The Kier molecular flexibility index (Phi) is 4.53. The van der Waals surface area contributed by atoms with E-state index < -0.39 is 0 Å². The van der Waals surface area contributed by atoms with Gasteiger partial charge in [-0.1, -0.05) is 18.2 Å². The molecule has 1 aromatic carbocycles. The Hall–Kier alpha value is -1.43. The monoisotopic (exact) mass is 361 g/mol. The van der Waals surface area contributed by atoms with Crippen molar-refractivity contribution < 1.29 is 0 Å². The van der Waals surface area contributed by atoms with E-state index in [2.05, 4.69) is 56.8 Å². The Balaban J connectivity index is 1.80. The Morgan fingerprint density at radius 3 is 2.71 bits per heavy atom. The SMILES string of the molecule is CNC(Cc1ccc(Br)s1)c1cnn(-c2ccccc2)c1. The third kappa shape index (κ3) is 3.43. The van der Waals surface area contributed by atoms with E-state index in [0.717, 1.165) is 12.1 Å². The molecule has 1 N–H and O–H groups in total. The molecule has 0 amide bonds. The van der Waals surface area contributed by atoms with Crippen LogP contribution < -0.4 is 5.32 Å². The molecule has 0 bridgehead atoms.